The maximum atomic E-state index is 9.11. The molecule has 0 aliphatic carbocycles. The summed E-state index contributed by atoms with van der Waals surface area (Å²) in [5, 5.41) is 12.7. The molecule has 0 saturated heterocycles. The molecule has 0 saturated carbocycles. The van der Waals surface area contributed by atoms with Crippen molar-refractivity contribution in [3.8, 4) is 5.75 Å². The molecule has 0 radical (unpaired) electrons. The molecule has 0 bridgehead atoms. The fourth-order valence-electron chi connectivity index (χ4n) is 1.26. The van der Waals surface area contributed by atoms with E-state index in [9.17, 15) is 0 Å². The van der Waals surface area contributed by atoms with Crippen LogP contribution < -0.4 is 10.1 Å². The van der Waals surface area contributed by atoms with Gasteiger partial charge in [-0.15, -0.1) is 0 Å². The van der Waals surface area contributed by atoms with Gasteiger partial charge in [-0.3, -0.25) is 0 Å². The van der Waals surface area contributed by atoms with Crippen LogP contribution in [0, 0.1) is 0 Å². The van der Waals surface area contributed by atoms with Crippen molar-refractivity contribution in [2.75, 3.05) is 20.8 Å². The molecule has 3 nitrogen and oxygen atoms in total. The molecule has 0 aliphatic heterocycles. The highest BCUT2D eigenvalue weighted by molar-refractivity contribution is 6.31. The first kappa shape index (κ1) is 11.3. The van der Waals surface area contributed by atoms with Gasteiger partial charge in [-0.2, -0.15) is 0 Å². The normalized spacial score (nSPS) is 12.6. The van der Waals surface area contributed by atoms with Crippen LogP contribution in [0.3, 0.4) is 0 Å². The lowest BCUT2D eigenvalue weighted by Crippen LogP contribution is -2.20. The van der Waals surface area contributed by atoms with Crippen LogP contribution in [0.15, 0.2) is 18.2 Å². The Balaban J connectivity index is 3.04. The van der Waals surface area contributed by atoms with Gasteiger partial charge in [-0.05, 0) is 30.8 Å². The van der Waals surface area contributed by atoms with Gasteiger partial charge >= 0.3 is 0 Å². The minimum atomic E-state index is -0.155. The number of halogens is 1. The fourth-order valence-corrected chi connectivity index (χ4v) is 1.51. The molecule has 0 amide bonds. The Morgan fingerprint density at radius 1 is 1.57 bits per heavy atom. The lowest BCUT2D eigenvalue weighted by Gasteiger charge is -2.15. The van der Waals surface area contributed by atoms with Crippen LogP contribution in [0.25, 0.3) is 0 Å². The predicted octanol–water partition coefficient (Wildman–Crippen LogP) is 1.60. The number of methoxy groups -OCH3 is 1. The number of aliphatic hydroxyl groups is 1. The molecule has 14 heavy (non-hydrogen) atoms. The quantitative estimate of drug-likeness (QED) is 0.802. The third-order valence-corrected chi connectivity index (χ3v) is 2.45. The fraction of sp³-hybridized carbons (Fsp3) is 0.400. The Morgan fingerprint density at radius 2 is 2.29 bits per heavy atom. The van der Waals surface area contributed by atoms with Crippen LogP contribution in [0.5, 0.6) is 5.75 Å². The number of likely N-dealkylation sites (N-methyl/N-ethyl adjacent to an activating group) is 1. The van der Waals surface area contributed by atoms with Crippen molar-refractivity contribution in [3.05, 3.63) is 28.8 Å². The Bertz CT molecular complexity index is 300. The summed E-state index contributed by atoms with van der Waals surface area (Å²) in [6.07, 6.45) is 0. The minimum absolute atomic E-state index is 0.00336. The molecule has 4 heteroatoms. The van der Waals surface area contributed by atoms with E-state index in [-0.39, 0.29) is 12.6 Å². The molecule has 1 aromatic rings. The van der Waals surface area contributed by atoms with Gasteiger partial charge in [0.15, 0.2) is 0 Å². The zero-order valence-corrected chi connectivity index (χ0v) is 9.01. The van der Waals surface area contributed by atoms with Crippen LogP contribution in [0.1, 0.15) is 11.6 Å². The zero-order chi connectivity index (χ0) is 10.6. The van der Waals surface area contributed by atoms with E-state index < -0.39 is 0 Å². The summed E-state index contributed by atoms with van der Waals surface area (Å²) in [5.41, 5.74) is 0.844. The second kappa shape index (κ2) is 5.20. The molecular formula is C10H14ClNO2. The topological polar surface area (TPSA) is 41.5 Å². The molecule has 2 N–H and O–H groups in total. The Labute approximate surface area is 88.7 Å². The first-order valence-corrected chi connectivity index (χ1v) is 4.72. The van der Waals surface area contributed by atoms with Crippen molar-refractivity contribution < 1.29 is 9.84 Å². The third kappa shape index (κ3) is 2.38. The monoisotopic (exact) mass is 215 g/mol. The Hall–Kier alpha value is -0.770. The smallest absolute Gasteiger partial charge is 0.119 e. The SMILES string of the molecule is CN[C@@H](CO)c1cc(OC)ccc1Cl. The molecule has 0 unspecified atom stereocenters. The van der Waals surface area contributed by atoms with Gasteiger partial charge in [0.05, 0.1) is 19.8 Å². The largest absolute Gasteiger partial charge is 0.497 e. The highest BCUT2D eigenvalue weighted by atomic mass is 35.5. The van der Waals surface area contributed by atoms with Crippen molar-refractivity contribution in [2.24, 2.45) is 0 Å². The predicted molar refractivity (Wildman–Crippen MR) is 56.9 cm³/mol. The number of hydrogen-bond donors (Lipinski definition) is 2. The standard InChI is InChI=1S/C10H14ClNO2/c1-12-10(6-13)8-5-7(14-2)3-4-9(8)11/h3-5,10,12-13H,6H2,1-2H3/t10-/m0/s1. The summed E-state index contributed by atoms with van der Waals surface area (Å²) < 4.78 is 5.08. The van der Waals surface area contributed by atoms with Gasteiger partial charge in [-0.25, -0.2) is 0 Å². The molecule has 0 fully saturated rings. The van der Waals surface area contributed by atoms with Crippen LogP contribution in [0.2, 0.25) is 5.02 Å². The van der Waals surface area contributed by atoms with Crippen LogP contribution >= 0.6 is 11.6 Å². The van der Waals surface area contributed by atoms with Gasteiger partial charge in [-0.1, -0.05) is 11.6 Å². The molecule has 1 rings (SSSR count). The molecule has 1 atom stereocenters. The summed E-state index contributed by atoms with van der Waals surface area (Å²) in [5.74, 6) is 0.734. The Morgan fingerprint density at radius 3 is 2.79 bits per heavy atom. The summed E-state index contributed by atoms with van der Waals surface area (Å²) in [4.78, 5) is 0. The van der Waals surface area contributed by atoms with Crippen LogP contribution in [-0.4, -0.2) is 25.9 Å². The first-order chi connectivity index (χ1) is 6.72. The van der Waals surface area contributed by atoms with Gasteiger partial charge in [0, 0.05) is 5.02 Å². The molecule has 0 spiro atoms. The van der Waals surface area contributed by atoms with Crippen molar-refractivity contribution in [2.45, 2.75) is 6.04 Å². The lowest BCUT2D eigenvalue weighted by molar-refractivity contribution is 0.250. The summed E-state index contributed by atoms with van der Waals surface area (Å²) in [7, 11) is 3.37. The van der Waals surface area contributed by atoms with Crippen molar-refractivity contribution in [1.82, 2.24) is 5.32 Å². The molecule has 0 aliphatic rings. The van der Waals surface area contributed by atoms with E-state index >= 15 is 0 Å². The van der Waals surface area contributed by atoms with Gasteiger partial charge < -0.3 is 15.2 Å². The highest BCUT2D eigenvalue weighted by Gasteiger charge is 2.12. The van der Waals surface area contributed by atoms with Crippen LogP contribution in [0.4, 0.5) is 0 Å². The van der Waals surface area contributed by atoms with Crippen LogP contribution in [-0.2, 0) is 0 Å². The maximum absolute atomic E-state index is 9.11. The van der Waals surface area contributed by atoms with E-state index in [4.69, 9.17) is 21.4 Å². The number of nitrogens with one attached hydrogen (secondary N) is 1. The number of hydrogen-bond acceptors (Lipinski definition) is 3. The molecule has 78 valence electrons. The van der Waals surface area contributed by atoms with Gasteiger partial charge in [0.2, 0.25) is 0 Å². The summed E-state index contributed by atoms with van der Waals surface area (Å²) in [6, 6.07) is 5.21. The highest BCUT2D eigenvalue weighted by Crippen LogP contribution is 2.26. The van der Waals surface area contributed by atoms with E-state index in [0.717, 1.165) is 11.3 Å². The second-order valence-electron chi connectivity index (χ2n) is 2.91. The molecule has 0 heterocycles. The van der Waals surface area contributed by atoms with Gasteiger partial charge in [0.1, 0.15) is 5.75 Å². The average molecular weight is 216 g/mol. The summed E-state index contributed by atoms with van der Waals surface area (Å²) in [6.45, 7) is 0.00336. The van der Waals surface area contributed by atoms with E-state index in [1.807, 2.05) is 6.07 Å². The number of ether oxygens (including phenoxy) is 1. The Kier molecular flexibility index (Phi) is 4.20. The van der Waals surface area contributed by atoms with Crippen molar-refractivity contribution in [1.29, 1.82) is 0 Å². The zero-order valence-electron chi connectivity index (χ0n) is 8.25. The maximum Gasteiger partial charge on any atom is 0.119 e. The molecular weight excluding hydrogens is 202 g/mol. The lowest BCUT2D eigenvalue weighted by atomic mass is 10.1. The van der Waals surface area contributed by atoms with E-state index in [2.05, 4.69) is 5.32 Å². The first-order valence-electron chi connectivity index (χ1n) is 4.34. The minimum Gasteiger partial charge on any atom is -0.497 e. The van der Waals surface area contributed by atoms with Crippen molar-refractivity contribution in [3.63, 3.8) is 0 Å². The van der Waals surface area contributed by atoms with E-state index in [0.29, 0.717) is 5.02 Å². The molecule has 1 aromatic carbocycles. The van der Waals surface area contributed by atoms with E-state index in [1.54, 1.807) is 26.3 Å². The third-order valence-electron chi connectivity index (χ3n) is 2.11. The van der Waals surface area contributed by atoms with Gasteiger partial charge in [0.25, 0.3) is 0 Å². The average Bonchev–Trinajstić information content (AvgIpc) is 2.22. The summed E-state index contributed by atoms with van der Waals surface area (Å²) >= 11 is 6.00. The second-order valence-corrected chi connectivity index (χ2v) is 3.32. The van der Waals surface area contributed by atoms with E-state index in [1.165, 1.54) is 0 Å². The number of benzene rings is 1. The number of aliphatic hydroxyl groups excluding tert-OH is 1. The molecule has 0 aromatic heterocycles. The number of rotatable bonds is 4. The van der Waals surface area contributed by atoms with Crippen molar-refractivity contribution >= 4 is 11.6 Å².